The molecule has 1 atom stereocenters. The Kier molecular flexibility index (Phi) is 6.68. The van der Waals surface area contributed by atoms with Crippen molar-refractivity contribution in [3.8, 4) is 5.75 Å². The van der Waals surface area contributed by atoms with Gasteiger partial charge in [0.1, 0.15) is 5.75 Å². The van der Waals surface area contributed by atoms with Gasteiger partial charge in [-0.2, -0.15) is 0 Å². The molecule has 0 spiro atoms. The number of carbonyl (C=O) groups is 2. The summed E-state index contributed by atoms with van der Waals surface area (Å²) in [5, 5.41) is 6.16. The lowest BCUT2D eigenvalue weighted by Crippen LogP contribution is -2.32. The van der Waals surface area contributed by atoms with E-state index in [4.69, 9.17) is 21.1 Å². The number of halogens is 1. The zero-order valence-corrected chi connectivity index (χ0v) is 15.5. The van der Waals surface area contributed by atoms with Gasteiger partial charge in [0.25, 0.3) is 11.8 Å². The third kappa shape index (κ3) is 5.70. The summed E-state index contributed by atoms with van der Waals surface area (Å²) in [5.74, 6) is -0.223. The van der Waals surface area contributed by atoms with E-state index < -0.39 is 0 Å². The minimum Gasteiger partial charge on any atom is -0.483 e. The number of para-hydroxylation sites is 1. The Morgan fingerprint density at radius 2 is 1.93 bits per heavy atom. The molecule has 2 N–H and O–H groups in total. The fourth-order valence-corrected chi connectivity index (χ4v) is 2.89. The van der Waals surface area contributed by atoms with Crippen molar-refractivity contribution < 1.29 is 19.1 Å². The van der Waals surface area contributed by atoms with Crippen LogP contribution < -0.4 is 15.4 Å². The van der Waals surface area contributed by atoms with E-state index in [2.05, 4.69) is 10.6 Å². The van der Waals surface area contributed by atoms with Crippen LogP contribution in [0, 0.1) is 0 Å². The molecule has 1 fully saturated rings. The molecular formula is C20H21ClN2O4. The van der Waals surface area contributed by atoms with E-state index in [0.29, 0.717) is 28.6 Å². The summed E-state index contributed by atoms with van der Waals surface area (Å²) in [6.45, 7) is 0.992. The third-order valence-corrected chi connectivity index (χ3v) is 4.38. The van der Waals surface area contributed by atoms with Crippen LogP contribution in [0.4, 0.5) is 5.69 Å². The number of hydrogen-bond donors (Lipinski definition) is 2. The molecular weight excluding hydrogens is 368 g/mol. The number of carbonyl (C=O) groups excluding carboxylic acids is 2. The van der Waals surface area contributed by atoms with E-state index in [1.165, 1.54) is 0 Å². The minimum absolute atomic E-state index is 0.0622. The van der Waals surface area contributed by atoms with E-state index in [1.54, 1.807) is 48.5 Å². The van der Waals surface area contributed by atoms with Gasteiger partial charge in [-0.25, -0.2) is 0 Å². The molecule has 2 aromatic rings. The van der Waals surface area contributed by atoms with E-state index >= 15 is 0 Å². The van der Waals surface area contributed by atoms with E-state index in [0.717, 1.165) is 19.4 Å². The molecule has 0 saturated carbocycles. The molecule has 0 radical (unpaired) electrons. The molecule has 1 saturated heterocycles. The lowest BCUT2D eigenvalue weighted by atomic mass is 10.1. The largest absolute Gasteiger partial charge is 0.483 e. The first-order valence-corrected chi connectivity index (χ1v) is 9.16. The maximum Gasteiger partial charge on any atom is 0.262 e. The quantitative estimate of drug-likeness (QED) is 0.763. The molecule has 0 bridgehead atoms. The first kappa shape index (κ1) is 19.2. The zero-order chi connectivity index (χ0) is 19.1. The van der Waals surface area contributed by atoms with Crippen molar-refractivity contribution in [2.24, 2.45) is 0 Å². The van der Waals surface area contributed by atoms with Gasteiger partial charge in [0.15, 0.2) is 6.61 Å². The Balaban J connectivity index is 1.54. The van der Waals surface area contributed by atoms with Gasteiger partial charge in [-0.1, -0.05) is 23.7 Å². The Morgan fingerprint density at radius 3 is 2.67 bits per heavy atom. The monoisotopic (exact) mass is 388 g/mol. The summed E-state index contributed by atoms with van der Waals surface area (Å²) < 4.78 is 11.1. The topological polar surface area (TPSA) is 76.7 Å². The van der Waals surface area contributed by atoms with E-state index in [9.17, 15) is 9.59 Å². The molecule has 1 aliphatic heterocycles. The minimum atomic E-state index is -0.327. The van der Waals surface area contributed by atoms with Crippen LogP contribution in [0.15, 0.2) is 48.5 Å². The third-order valence-electron chi connectivity index (χ3n) is 4.13. The highest BCUT2D eigenvalue weighted by atomic mass is 35.5. The summed E-state index contributed by atoms with van der Waals surface area (Å²) in [5.41, 5.74) is 1.00. The Morgan fingerprint density at radius 1 is 1.15 bits per heavy atom. The number of nitrogens with one attached hydrogen (secondary N) is 2. The number of ether oxygens (including phenoxy) is 2. The van der Waals surface area contributed by atoms with Crippen LogP contribution in [0.5, 0.6) is 5.75 Å². The molecule has 27 heavy (non-hydrogen) atoms. The fraction of sp³-hybridized carbons (Fsp3) is 0.300. The molecule has 7 heteroatoms. The number of anilines is 1. The summed E-state index contributed by atoms with van der Waals surface area (Å²) in [7, 11) is 0. The summed E-state index contributed by atoms with van der Waals surface area (Å²) in [6, 6.07) is 13.6. The highest BCUT2D eigenvalue weighted by molar-refractivity contribution is 6.30. The summed E-state index contributed by atoms with van der Waals surface area (Å²) >= 11 is 5.82. The Bertz CT molecular complexity index is 789. The van der Waals surface area contributed by atoms with Crippen molar-refractivity contribution in [1.82, 2.24) is 5.32 Å². The van der Waals surface area contributed by atoms with Gasteiger partial charge in [-0.15, -0.1) is 0 Å². The Labute approximate surface area is 162 Å². The lowest BCUT2D eigenvalue weighted by Gasteiger charge is -2.14. The van der Waals surface area contributed by atoms with Gasteiger partial charge in [-0.05, 0) is 49.2 Å². The normalized spacial score (nSPS) is 16.0. The maximum atomic E-state index is 12.4. The smallest absolute Gasteiger partial charge is 0.262 e. The first-order chi connectivity index (χ1) is 13.1. The van der Waals surface area contributed by atoms with Crippen LogP contribution in [-0.4, -0.2) is 37.7 Å². The predicted molar refractivity (Wildman–Crippen MR) is 103 cm³/mol. The lowest BCUT2D eigenvalue weighted by molar-refractivity contribution is -0.118. The SMILES string of the molecule is O=C(COc1ccccc1C(=O)NC[C@@H]1CCCO1)Nc1ccc(Cl)cc1. The zero-order valence-electron chi connectivity index (χ0n) is 14.7. The predicted octanol–water partition coefficient (Wildman–Crippen LogP) is 3.27. The van der Waals surface area contributed by atoms with Gasteiger partial charge in [0, 0.05) is 23.9 Å². The number of rotatable bonds is 7. The van der Waals surface area contributed by atoms with Crippen molar-refractivity contribution in [2.75, 3.05) is 25.1 Å². The second-order valence-corrected chi connectivity index (χ2v) is 6.62. The van der Waals surface area contributed by atoms with Crippen molar-refractivity contribution in [3.63, 3.8) is 0 Å². The van der Waals surface area contributed by atoms with Crippen molar-refractivity contribution >= 4 is 29.1 Å². The average Bonchev–Trinajstić information content (AvgIpc) is 3.20. The van der Waals surface area contributed by atoms with Gasteiger partial charge >= 0.3 is 0 Å². The number of benzene rings is 2. The van der Waals surface area contributed by atoms with Crippen LogP contribution in [0.1, 0.15) is 23.2 Å². The van der Waals surface area contributed by atoms with Gasteiger partial charge in [0.2, 0.25) is 0 Å². The van der Waals surface area contributed by atoms with E-state index in [-0.39, 0.29) is 24.5 Å². The molecule has 0 unspecified atom stereocenters. The molecule has 0 aromatic heterocycles. The van der Waals surface area contributed by atoms with Crippen LogP contribution in [0.2, 0.25) is 5.02 Å². The molecule has 0 aliphatic carbocycles. The number of hydrogen-bond acceptors (Lipinski definition) is 4. The van der Waals surface area contributed by atoms with Crippen molar-refractivity contribution in [2.45, 2.75) is 18.9 Å². The van der Waals surface area contributed by atoms with Crippen LogP contribution in [0.3, 0.4) is 0 Å². The Hall–Kier alpha value is -2.57. The van der Waals surface area contributed by atoms with Gasteiger partial charge < -0.3 is 20.1 Å². The molecule has 142 valence electrons. The molecule has 1 heterocycles. The van der Waals surface area contributed by atoms with Crippen molar-refractivity contribution in [1.29, 1.82) is 0 Å². The first-order valence-electron chi connectivity index (χ1n) is 8.79. The van der Waals surface area contributed by atoms with Gasteiger partial charge in [-0.3, -0.25) is 9.59 Å². The van der Waals surface area contributed by atoms with Gasteiger partial charge in [0.05, 0.1) is 11.7 Å². The molecule has 2 aromatic carbocycles. The molecule has 2 amide bonds. The standard InChI is InChI=1S/C20H21ClN2O4/c21-14-7-9-15(10-8-14)23-19(24)13-27-18-6-2-1-5-17(18)20(25)22-12-16-4-3-11-26-16/h1-2,5-10,16H,3-4,11-13H2,(H,22,25)(H,23,24)/t16-/m0/s1. The highest BCUT2D eigenvalue weighted by Gasteiger charge is 2.18. The summed E-state index contributed by atoms with van der Waals surface area (Å²) in [6.07, 6.45) is 2.03. The van der Waals surface area contributed by atoms with Crippen LogP contribution >= 0.6 is 11.6 Å². The van der Waals surface area contributed by atoms with Crippen molar-refractivity contribution in [3.05, 3.63) is 59.1 Å². The highest BCUT2D eigenvalue weighted by Crippen LogP contribution is 2.19. The summed E-state index contributed by atoms with van der Waals surface area (Å²) in [4.78, 5) is 24.5. The fourth-order valence-electron chi connectivity index (χ4n) is 2.76. The van der Waals surface area contributed by atoms with E-state index in [1.807, 2.05) is 0 Å². The maximum absolute atomic E-state index is 12.4. The second-order valence-electron chi connectivity index (χ2n) is 6.18. The molecule has 1 aliphatic rings. The van der Waals surface area contributed by atoms with Crippen LogP contribution in [-0.2, 0) is 9.53 Å². The average molecular weight is 389 g/mol. The molecule has 6 nitrogen and oxygen atoms in total. The number of amides is 2. The second kappa shape index (κ2) is 9.39. The molecule has 3 rings (SSSR count). The van der Waals surface area contributed by atoms with Crippen LogP contribution in [0.25, 0.3) is 0 Å².